The van der Waals surface area contributed by atoms with Gasteiger partial charge in [0.15, 0.2) is 0 Å². The molecule has 1 aromatic heterocycles. The number of benzene rings is 1. The summed E-state index contributed by atoms with van der Waals surface area (Å²) in [5.74, 6) is -0.238. The number of rotatable bonds is 14. The van der Waals surface area contributed by atoms with Gasteiger partial charge in [-0.1, -0.05) is 52.0 Å². The van der Waals surface area contributed by atoms with E-state index in [-0.39, 0.29) is 37.3 Å². The van der Waals surface area contributed by atoms with E-state index in [4.69, 9.17) is 4.74 Å². The third-order valence-corrected chi connectivity index (χ3v) is 10.1. The van der Waals surface area contributed by atoms with E-state index in [1.165, 1.54) is 30.8 Å². The van der Waals surface area contributed by atoms with Gasteiger partial charge >= 0.3 is 0 Å². The van der Waals surface area contributed by atoms with Crippen LogP contribution in [0.4, 0.5) is 0 Å². The number of ether oxygens (including phenoxy) is 1. The minimum atomic E-state index is -0.876. The van der Waals surface area contributed by atoms with E-state index in [2.05, 4.69) is 27.4 Å². The maximum Gasteiger partial charge on any atom is 0.246 e. The molecular weight excluding hydrogens is 602 g/mol. The lowest BCUT2D eigenvalue weighted by atomic mass is 9.85. The maximum atomic E-state index is 13.8. The second-order valence-corrected chi connectivity index (χ2v) is 14.9. The number of nitrogens with one attached hydrogen (secondary N) is 2. The number of aliphatic hydroxyl groups is 1. The molecule has 0 radical (unpaired) electrons. The molecule has 46 heavy (non-hydrogen) atoms. The van der Waals surface area contributed by atoms with Crippen LogP contribution in [0.5, 0.6) is 0 Å². The van der Waals surface area contributed by atoms with Crippen molar-refractivity contribution in [3.63, 3.8) is 0 Å². The van der Waals surface area contributed by atoms with Crippen molar-refractivity contribution in [1.29, 1.82) is 0 Å². The Bertz CT molecular complexity index is 1290. The molecule has 0 bridgehead atoms. The molecule has 0 saturated carbocycles. The topological polar surface area (TPSA) is 124 Å². The Kier molecular flexibility index (Phi) is 13.1. The Morgan fingerprint density at radius 3 is 2.48 bits per heavy atom. The minimum Gasteiger partial charge on any atom is -0.391 e. The van der Waals surface area contributed by atoms with Crippen molar-refractivity contribution in [2.75, 3.05) is 39.4 Å². The number of unbranched alkanes of at least 4 members (excludes halogenated alkanes) is 2. The standard InChI is InChI=1S/C35H53N5O5S/c1-24-13-16-39(17-14-24)15-7-6-8-18-45-22-30(42)38-32(35(3,4)5)34(44)40-21-28(41)19-29(40)33(43)36-20-26-9-11-27(12-10-26)31-25(2)37-23-46-31/h9-12,23-24,28-29,32,41H,6-8,13-22H2,1-5H3,(H,36,43)(H,38,42)/t28-,29+,32-/m1/s1. The van der Waals surface area contributed by atoms with E-state index in [1.807, 2.05) is 57.5 Å². The quantitative estimate of drug-likeness (QED) is 0.262. The molecule has 2 fully saturated rings. The average molecular weight is 656 g/mol. The van der Waals surface area contributed by atoms with E-state index in [1.54, 1.807) is 11.3 Å². The van der Waals surface area contributed by atoms with E-state index >= 15 is 0 Å². The number of thiazole rings is 1. The van der Waals surface area contributed by atoms with Crippen molar-refractivity contribution in [2.24, 2.45) is 11.3 Å². The van der Waals surface area contributed by atoms with E-state index in [0.717, 1.165) is 53.4 Å². The zero-order valence-electron chi connectivity index (χ0n) is 28.2. The number of aromatic nitrogens is 1. The Balaban J connectivity index is 1.23. The molecule has 254 valence electrons. The summed E-state index contributed by atoms with van der Waals surface area (Å²) in [6.45, 7) is 14.1. The van der Waals surface area contributed by atoms with E-state index in [0.29, 0.717) is 13.2 Å². The summed E-state index contributed by atoms with van der Waals surface area (Å²) in [7, 11) is 0. The van der Waals surface area contributed by atoms with Crippen LogP contribution in [0.3, 0.4) is 0 Å². The smallest absolute Gasteiger partial charge is 0.246 e. The lowest BCUT2D eigenvalue weighted by Crippen LogP contribution is -2.58. The van der Waals surface area contributed by atoms with Crippen LogP contribution in [-0.2, 0) is 25.7 Å². The second-order valence-electron chi connectivity index (χ2n) is 14.1. The Morgan fingerprint density at radius 2 is 1.83 bits per heavy atom. The highest BCUT2D eigenvalue weighted by molar-refractivity contribution is 7.13. The predicted molar refractivity (Wildman–Crippen MR) is 181 cm³/mol. The maximum absolute atomic E-state index is 13.8. The van der Waals surface area contributed by atoms with Gasteiger partial charge in [0.05, 0.1) is 22.2 Å². The molecule has 2 aromatic rings. The summed E-state index contributed by atoms with van der Waals surface area (Å²) < 4.78 is 5.65. The van der Waals surface area contributed by atoms with Crippen LogP contribution >= 0.6 is 11.3 Å². The van der Waals surface area contributed by atoms with E-state index < -0.39 is 23.6 Å². The largest absolute Gasteiger partial charge is 0.391 e. The van der Waals surface area contributed by atoms with Crippen molar-refractivity contribution < 1.29 is 24.2 Å². The molecule has 3 atom stereocenters. The summed E-state index contributed by atoms with van der Waals surface area (Å²) in [6, 6.07) is 6.24. The van der Waals surface area contributed by atoms with Gasteiger partial charge in [0, 0.05) is 26.1 Å². The molecule has 0 aliphatic carbocycles. The van der Waals surface area contributed by atoms with Crippen molar-refractivity contribution in [1.82, 2.24) is 25.4 Å². The van der Waals surface area contributed by atoms with Crippen LogP contribution in [0.15, 0.2) is 29.8 Å². The lowest BCUT2D eigenvalue weighted by molar-refractivity contribution is -0.144. The second kappa shape index (κ2) is 16.8. The van der Waals surface area contributed by atoms with Gasteiger partial charge < -0.3 is 30.3 Å². The molecule has 4 rings (SSSR count). The van der Waals surface area contributed by atoms with Crippen LogP contribution in [-0.4, -0.2) is 95.2 Å². The Hall–Kier alpha value is -2.86. The zero-order chi connectivity index (χ0) is 33.3. The van der Waals surface area contributed by atoms with Gasteiger partial charge in [0.2, 0.25) is 17.7 Å². The first-order valence-electron chi connectivity index (χ1n) is 16.8. The SMILES string of the molecule is Cc1ncsc1-c1ccc(CNC(=O)[C@@H]2C[C@@H](O)CN2C(=O)[C@@H](NC(=O)COCCCCCN2CCC(C)CC2)C(C)(C)C)cc1. The number of carbonyl (C=O) groups excluding carboxylic acids is 3. The first-order valence-corrected chi connectivity index (χ1v) is 17.7. The summed E-state index contributed by atoms with van der Waals surface area (Å²) in [5, 5.41) is 16.3. The monoisotopic (exact) mass is 655 g/mol. The molecule has 2 aliphatic heterocycles. The van der Waals surface area contributed by atoms with Crippen molar-refractivity contribution in [2.45, 2.75) is 97.9 Å². The lowest BCUT2D eigenvalue weighted by Gasteiger charge is -2.35. The molecule has 3 N–H and O–H groups in total. The molecule has 2 aliphatic rings. The van der Waals surface area contributed by atoms with Gasteiger partial charge in [-0.2, -0.15) is 0 Å². The fraction of sp³-hybridized carbons (Fsp3) is 0.657. The molecule has 0 spiro atoms. The van der Waals surface area contributed by atoms with Gasteiger partial charge in [-0.3, -0.25) is 14.4 Å². The number of nitrogens with zero attached hydrogens (tertiary/aromatic N) is 3. The highest BCUT2D eigenvalue weighted by atomic mass is 32.1. The van der Waals surface area contributed by atoms with Crippen LogP contribution in [0.25, 0.3) is 10.4 Å². The molecule has 10 nitrogen and oxygen atoms in total. The summed E-state index contributed by atoms with van der Waals surface area (Å²) in [4.78, 5) is 49.3. The number of piperidine rings is 1. The van der Waals surface area contributed by atoms with Gasteiger partial charge in [0.1, 0.15) is 18.7 Å². The number of aryl methyl sites for hydroxylation is 1. The normalized spacial score (nSPS) is 20.1. The van der Waals surface area contributed by atoms with Crippen LogP contribution in [0, 0.1) is 18.3 Å². The number of carbonyl (C=O) groups is 3. The minimum absolute atomic E-state index is 0.0369. The molecule has 0 unspecified atom stereocenters. The van der Waals surface area contributed by atoms with Crippen LogP contribution < -0.4 is 10.6 Å². The van der Waals surface area contributed by atoms with E-state index in [9.17, 15) is 19.5 Å². The molecule has 2 saturated heterocycles. The van der Waals surface area contributed by atoms with Crippen LogP contribution in [0.1, 0.15) is 77.5 Å². The number of likely N-dealkylation sites (tertiary alicyclic amines) is 2. The third-order valence-electron chi connectivity index (χ3n) is 9.08. The Morgan fingerprint density at radius 1 is 1.11 bits per heavy atom. The van der Waals surface area contributed by atoms with Gasteiger partial charge in [-0.25, -0.2) is 4.98 Å². The first kappa shape index (κ1) is 36.0. The number of hydrogen-bond donors (Lipinski definition) is 3. The fourth-order valence-electron chi connectivity index (χ4n) is 6.15. The highest BCUT2D eigenvalue weighted by Gasteiger charge is 2.44. The summed E-state index contributed by atoms with van der Waals surface area (Å²) >= 11 is 1.59. The summed E-state index contributed by atoms with van der Waals surface area (Å²) in [5.41, 5.74) is 4.18. The highest BCUT2D eigenvalue weighted by Crippen LogP contribution is 2.28. The van der Waals surface area contributed by atoms with Gasteiger partial charge in [-0.05, 0) is 81.1 Å². The molecular formula is C35H53N5O5S. The molecule has 1 aromatic carbocycles. The first-order chi connectivity index (χ1) is 21.9. The molecule has 3 heterocycles. The number of amides is 3. The zero-order valence-corrected chi connectivity index (χ0v) is 29.0. The Labute approximate surface area is 278 Å². The molecule has 11 heteroatoms. The third kappa shape index (κ3) is 10.3. The number of aliphatic hydroxyl groups excluding tert-OH is 1. The van der Waals surface area contributed by atoms with Gasteiger partial charge in [-0.15, -0.1) is 11.3 Å². The van der Waals surface area contributed by atoms with Crippen molar-refractivity contribution in [3.05, 3.63) is 41.0 Å². The predicted octanol–water partition coefficient (Wildman–Crippen LogP) is 4.15. The summed E-state index contributed by atoms with van der Waals surface area (Å²) in [6.07, 6.45) is 4.96. The van der Waals surface area contributed by atoms with Crippen molar-refractivity contribution >= 4 is 29.1 Å². The number of hydrogen-bond acceptors (Lipinski definition) is 8. The molecule has 3 amide bonds. The average Bonchev–Trinajstić information content (AvgIpc) is 3.63. The fourth-order valence-corrected chi connectivity index (χ4v) is 6.96. The number of β-amino-alcohol motifs (C(OH)–C–C–N with tert-alkyl or cyclic N) is 1. The van der Waals surface area contributed by atoms with Crippen LogP contribution in [0.2, 0.25) is 0 Å². The van der Waals surface area contributed by atoms with Gasteiger partial charge in [0.25, 0.3) is 0 Å². The van der Waals surface area contributed by atoms with Crippen molar-refractivity contribution in [3.8, 4) is 10.4 Å².